The molecule has 3 heteroatoms. The van der Waals surface area contributed by atoms with E-state index in [1.807, 2.05) is 6.92 Å². The van der Waals surface area contributed by atoms with Gasteiger partial charge < -0.3 is 10.8 Å². The molecule has 0 radical (unpaired) electrons. The maximum atomic E-state index is 9.09. The van der Waals surface area contributed by atoms with Crippen molar-refractivity contribution in [3.8, 4) is 0 Å². The summed E-state index contributed by atoms with van der Waals surface area (Å²) in [6, 6.07) is 8.61. The number of nitrogens with zero attached hydrogens (tertiary/aromatic N) is 1. The van der Waals surface area contributed by atoms with Crippen molar-refractivity contribution in [2.75, 3.05) is 13.2 Å². The molecule has 3 nitrogen and oxygen atoms in total. The number of fused-ring (bicyclic) bond motifs is 1. The van der Waals surface area contributed by atoms with Crippen LogP contribution in [0.4, 0.5) is 0 Å². The van der Waals surface area contributed by atoms with E-state index in [0.29, 0.717) is 0 Å². The largest absolute Gasteiger partial charge is 0.394 e. The first-order valence-electron chi connectivity index (χ1n) is 6.30. The summed E-state index contributed by atoms with van der Waals surface area (Å²) in [5.41, 5.74) is 8.39. The molecule has 1 atom stereocenters. The Balaban J connectivity index is 1.77. The monoisotopic (exact) mass is 234 g/mol. The van der Waals surface area contributed by atoms with Crippen LogP contribution < -0.4 is 5.73 Å². The molecule has 2 rings (SSSR count). The molecule has 1 unspecified atom stereocenters. The standard InChI is InChI=1S/C14H22N2O/c1-14(15,11-17)7-4-8-16-9-12-5-2-3-6-13(12)10-16/h2-3,5-6,17H,4,7-11,15H2,1H3. The second-order valence-corrected chi connectivity index (χ2v) is 5.40. The number of aliphatic hydroxyl groups excluding tert-OH is 1. The molecule has 3 N–H and O–H groups in total. The van der Waals surface area contributed by atoms with Crippen molar-refractivity contribution in [3.63, 3.8) is 0 Å². The first kappa shape index (κ1) is 12.6. The average Bonchev–Trinajstić information content (AvgIpc) is 2.71. The fourth-order valence-electron chi connectivity index (χ4n) is 2.35. The van der Waals surface area contributed by atoms with E-state index in [1.165, 1.54) is 11.1 Å². The highest BCUT2D eigenvalue weighted by atomic mass is 16.3. The number of benzene rings is 1. The molecule has 0 aliphatic carbocycles. The number of hydrogen-bond acceptors (Lipinski definition) is 3. The molecule has 94 valence electrons. The third-order valence-electron chi connectivity index (χ3n) is 3.49. The number of rotatable bonds is 5. The molecule has 1 aromatic rings. The lowest BCUT2D eigenvalue weighted by molar-refractivity contribution is 0.188. The molecule has 0 fully saturated rings. The Kier molecular flexibility index (Phi) is 3.82. The predicted octanol–water partition coefficient (Wildman–Crippen LogP) is 1.49. The van der Waals surface area contributed by atoms with Crippen LogP contribution in [0.5, 0.6) is 0 Å². The van der Waals surface area contributed by atoms with Gasteiger partial charge in [-0.25, -0.2) is 0 Å². The Morgan fingerprint density at radius 1 is 1.29 bits per heavy atom. The maximum Gasteiger partial charge on any atom is 0.0608 e. The zero-order chi connectivity index (χ0) is 12.3. The van der Waals surface area contributed by atoms with Gasteiger partial charge in [0.25, 0.3) is 0 Å². The van der Waals surface area contributed by atoms with Crippen molar-refractivity contribution in [1.29, 1.82) is 0 Å². The minimum absolute atomic E-state index is 0.0627. The van der Waals surface area contributed by atoms with E-state index in [4.69, 9.17) is 10.8 Å². The number of aliphatic hydroxyl groups is 1. The lowest BCUT2D eigenvalue weighted by Crippen LogP contribution is -2.40. The highest BCUT2D eigenvalue weighted by molar-refractivity contribution is 5.30. The van der Waals surface area contributed by atoms with Crippen LogP contribution in [-0.2, 0) is 13.1 Å². The van der Waals surface area contributed by atoms with Gasteiger partial charge in [-0.15, -0.1) is 0 Å². The van der Waals surface area contributed by atoms with E-state index >= 15 is 0 Å². The first-order chi connectivity index (χ1) is 8.11. The minimum Gasteiger partial charge on any atom is -0.394 e. The van der Waals surface area contributed by atoms with Crippen LogP contribution in [0.15, 0.2) is 24.3 Å². The van der Waals surface area contributed by atoms with Crippen molar-refractivity contribution < 1.29 is 5.11 Å². The van der Waals surface area contributed by atoms with Crippen LogP contribution in [-0.4, -0.2) is 28.7 Å². The summed E-state index contributed by atoms with van der Waals surface area (Å²) in [5.74, 6) is 0. The van der Waals surface area contributed by atoms with Crippen molar-refractivity contribution in [2.45, 2.75) is 38.4 Å². The summed E-state index contributed by atoms with van der Waals surface area (Å²) in [6.45, 7) is 5.13. The Bertz CT molecular complexity index is 351. The molecule has 1 aromatic carbocycles. The molecule has 0 saturated carbocycles. The fourth-order valence-corrected chi connectivity index (χ4v) is 2.35. The van der Waals surface area contributed by atoms with Gasteiger partial charge in [-0.05, 0) is 37.4 Å². The van der Waals surface area contributed by atoms with Crippen molar-refractivity contribution >= 4 is 0 Å². The van der Waals surface area contributed by atoms with Crippen LogP contribution in [0.3, 0.4) is 0 Å². The van der Waals surface area contributed by atoms with Gasteiger partial charge in [0, 0.05) is 18.6 Å². The van der Waals surface area contributed by atoms with Gasteiger partial charge in [0.1, 0.15) is 0 Å². The highest BCUT2D eigenvalue weighted by Gasteiger charge is 2.20. The summed E-state index contributed by atoms with van der Waals surface area (Å²) in [7, 11) is 0. The normalized spacial score (nSPS) is 19.0. The summed E-state index contributed by atoms with van der Waals surface area (Å²) in [6.07, 6.45) is 1.91. The topological polar surface area (TPSA) is 49.5 Å². The molecular formula is C14H22N2O. The van der Waals surface area contributed by atoms with Crippen molar-refractivity contribution in [3.05, 3.63) is 35.4 Å². The van der Waals surface area contributed by atoms with Gasteiger partial charge in [0.2, 0.25) is 0 Å². The Labute approximate surface area is 103 Å². The lowest BCUT2D eigenvalue weighted by Gasteiger charge is -2.23. The second kappa shape index (κ2) is 5.17. The van der Waals surface area contributed by atoms with E-state index < -0.39 is 5.54 Å². The highest BCUT2D eigenvalue weighted by Crippen LogP contribution is 2.22. The van der Waals surface area contributed by atoms with Gasteiger partial charge in [-0.1, -0.05) is 24.3 Å². The van der Waals surface area contributed by atoms with Crippen LogP contribution >= 0.6 is 0 Å². The zero-order valence-corrected chi connectivity index (χ0v) is 10.5. The number of hydrogen-bond donors (Lipinski definition) is 2. The summed E-state index contributed by atoms with van der Waals surface area (Å²) in [4.78, 5) is 2.44. The van der Waals surface area contributed by atoms with Crippen LogP contribution in [0.1, 0.15) is 30.9 Å². The molecular weight excluding hydrogens is 212 g/mol. The quantitative estimate of drug-likeness (QED) is 0.811. The van der Waals surface area contributed by atoms with Crippen molar-refractivity contribution in [2.24, 2.45) is 5.73 Å². The molecule has 0 bridgehead atoms. The zero-order valence-electron chi connectivity index (χ0n) is 10.5. The van der Waals surface area contributed by atoms with Crippen LogP contribution in [0.2, 0.25) is 0 Å². The molecule has 0 amide bonds. The van der Waals surface area contributed by atoms with Crippen LogP contribution in [0.25, 0.3) is 0 Å². The van der Waals surface area contributed by atoms with Gasteiger partial charge in [-0.3, -0.25) is 4.90 Å². The van der Waals surface area contributed by atoms with Crippen molar-refractivity contribution in [1.82, 2.24) is 4.90 Å². The molecule has 1 heterocycles. The van der Waals surface area contributed by atoms with E-state index in [9.17, 15) is 0 Å². The van der Waals surface area contributed by atoms with Gasteiger partial charge in [-0.2, -0.15) is 0 Å². The summed E-state index contributed by atoms with van der Waals surface area (Å²) < 4.78 is 0. The summed E-state index contributed by atoms with van der Waals surface area (Å²) >= 11 is 0. The Morgan fingerprint density at radius 3 is 2.41 bits per heavy atom. The molecule has 1 aliphatic heterocycles. The third kappa shape index (κ3) is 3.28. The van der Waals surface area contributed by atoms with Gasteiger partial charge in [0.15, 0.2) is 0 Å². The molecule has 1 aliphatic rings. The predicted molar refractivity (Wildman–Crippen MR) is 69.5 cm³/mol. The van der Waals surface area contributed by atoms with E-state index in [-0.39, 0.29) is 6.61 Å². The molecule has 17 heavy (non-hydrogen) atoms. The Morgan fingerprint density at radius 2 is 1.88 bits per heavy atom. The minimum atomic E-state index is -0.424. The Hall–Kier alpha value is -0.900. The van der Waals surface area contributed by atoms with E-state index in [2.05, 4.69) is 29.2 Å². The second-order valence-electron chi connectivity index (χ2n) is 5.40. The summed E-state index contributed by atoms with van der Waals surface area (Å²) in [5, 5.41) is 9.09. The smallest absolute Gasteiger partial charge is 0.0608 e. The first-order valence-corrected chi connectivity index (χ1v) is 6.30. The van der Waals surface area contributed by atoms with Crippen LogP contribution in [0, 0.1) is 0 Å². The lowest BCUT2D eigenvalue weighted by atomic mass is 9.98. The van der Waals surface area contributed by atoms with E-state index in [1.54, 1.807) is 0 Å². The maximum absolute atomic E-state index is 9.09. The molecule has 0 spiro atoms. The third-order valence-corrected chi connectivity index (χ3v) is 3.49. The fraction of sp³-hybridized carbons (Fsp3) is 0.571. The van der Waals surface area contributed by atoms with E-state index in [0.717, 1.165) is 32.5 Å². The SMILES string of the molecule is CC(N)(CO)CCCN1Cc2ccccc2C1. The number of nitrogens with two attached hydrogens (primary N) is 1. The van der Waals surface area contributed by atoms with Gasteiger partial charge >= 0.3 is 0 Å². The average molecular weight is 234 g/mol. The van der Waals surface area contributed by atoms with Gasteiger partial charge in [0.05, 0.1) is 6.61 Å². The molecule has 0 aromatic heterocycles. The molecule has 0 saturated heterocycles.